The number of hydrogen-bond donors (Lipinski definition) is 1. The summed E-state index contributed by atoms with van der Waals surface area (Å²) < 4.78 is 41.2. The number of nitro benzene ring substituents is 1. The van der Waals surface area contributed by atoms with E-state index in [0.29, 0.717) is 59.4 Å². The number of nitrogens with one attached hydrogen (secondary N) is 1. The number of nitro groups is 1. The molecule has 0 spiro atoms. The highest BCUT2D eigenvalue weighted by molar-refractivity contribution is 6.00. The fourth-order valence-corrected chi connectivity index (χ4v) is 5.85. The minimum Gasteiger partial charge on any atom is -0.346 e. The first-order chi connectivity index (χ1) is 18.5. The molecule has 0 radical (unpaired) electrons. The van der Waals surface area contributed by atoms with Crippen LogP contribution < -0.4 is 5.32 Å². The van der Waals surface area contributed by atoms with Crippen molar-refractivity contribution in [2.24, 2.45) is 0 Å². The summed E-state index contributed by atoms with van der Waals surface area (Å²) in [4.78, 5) is 29.3. The Balaban J connectivity index is 1.45. The van der Waals surface area contributed by atoms with Gasteiger partial charge in [0.15, 0.2) is 5.52 Å². The lowest BCUT2D eigenvalue weighted by atomic mass is 9.73. The van der Waals surface area contributed by atoms with E-state index in [9.17, 15) is 28.1 Å². The third kappa shape index (κ3) is 4.53. The van der Waals surface area contributed by atoms with Crippen molar-refractivity contribution in [3.8, 4) is 11.1 Å². The molecule has 7 nitrogen and oxygen atoms in total. The van der Waals surface area contributed by atoms with Gasteiger partial charge < -0.3 is 9.88 Å². The fraction of sp³-hybridized carbons (Fsp3) is 0.310. The second-order valence-corrected chi connectivity index (χ2v) is 9.92. The zero-order valence-corrected chi connectivity index (χ0v) is 21.5. The number of halogens is 3. The average molecular weight is 537 g/mol. The van der Waals surface area contributed by atoms with E-state index in [1.807, 2.05) is 47.0 Å². The molecule has 4 aromatic rings. The van der Waals surface area contributed by atoms with Crippen molar-refractivity contribution < 1.29 is 22.9 Å². The van der Waals surface area contributed by atoms with Gasteiger partial charge in [-0.15, -0.1) is 0 Å². The molecule has 1 aliphatic rings. The molecule has 0 saturated carbocycles. The van der Waals surface area contributed by atoms with Crippen LogP contribution in [0.1, 0.15) is 41.8 Å². The SMILES string of the molecule is Cc1ccc2c(nc(C)n2CCCCC2(C(=O)NCC(F)(F)F)c3ccccc3-c3ccccc32)c1[N+](=O)[O-]. The molecule has 0 aliphatic heterocycles. The first-order valence-corrected chi connectivity index (χ1v) is 12.7. The Morgan fingerprint density at radius 3 is 2.21 bits per heavy atom. The van der Waals surface area contributed by atoms with Gasteiger partial charge in [-0.3, -0.25) is 14.9 Å². The van der Waals surface area contributed by atoms with Crippen molar-refractivity contribution in [3.63, 3.8) is 0 Å². The monoisotopic (exact) mass is 536 g/mol. The maximum atomic E-state index is 13.6. The predicted molar refractivity (Wildman–Crippen MR) is 141 cm³/mol. The molecule has 0 unspecified atom stereocenters. The Morgan fingerprint density at radius 2 is 1.62 bits per heavy atom. The Morgan fingerprint density at radius 1 is 1.00 bits per heavy atom. The Kier molecular flexibility index (Phi) is 6.65. The summed E-state index contributed by atoms with van der Waals surface area (Å²) in [6.45, 7) is 2.55. The molecule has 0 fully saturated rings. The van der Waals surface area contributed by atoms with E-state index >= 15 is 0 Å². The van der Waals surface area contributed by atoms with Gasteiger partial charge in [-0.2, -0.15) is 13.2 Å². The summed E-state index contributed by atoms with van der Waals surface area (Å²) in [7, 11) is 0. The molecule has 0 bridgehead atoms. The van der Waals surface area contributed by atoms with Crippen LogP contribution >= 0.6 is 0 Å². The molecule has 1 N–H and O–H groups in total. The van der Waals surface area contributed by atoms with Crippen molar-refractivity contribution in [2.75, 3.05) is 6.54 Å². The molecule has 5 rings (SSSR count). The number of unbranched alkanes of at least 4 members (excludes halogenated alkanes) is 1. The van der Waals surface area contributed by atoms with Crippen molar-refractivity contribution in [2.45, 2.75) is 51.2 Å². The van der Waals surface area contributed by atoms with E-state index in [1.54, 1.807) is 32.0 Å². The van der Waals surface area contributed by atoms with E-state index < -0.39 is 29.0 Å². The van der Waals surface area contributed by atoms with Gasteiger partial charge in [0.1, 0.15) is 17.8 Å². The predicted octanol–water partition coefficient (Wildman–Crippen LogP) is 6.38. The van der Waals surface area contributed by atoms with Gasteiger partial charge in [0, 0.05) is 12.1 Å². The summed E-state index contributed by atoms with van der Waals surface area (Å²) in [6.07, 6.45) is -3.12. The number of benzene rings is 3. The van der Waals surface area contributed by atoms with Crippen molar-refractivity contribution in [1.29, 1.82) is 0 Å². The number of aromatic nitrogens is 2. The molecule has 3 aromatic carbocycles. The normalized spacial score (nSPS) is 13.8. The van der Waals surface area contributed by atoms with Gasteiger partial charge in [0.05, 0.1) is 10.4 Å². The average Bonchev–Trinajstić information content (AvgIpc) is 3.36. The highest BCUT2D eigenvalue weighted by Gasteiger charge is 2.49. The Bertz CT molecular complexity index is 1550. The minimum absolute atomic E-state index is 0.0196. The molecule has 1 aliphatic carbocycles. The summed E-state index contributed by atoms with van der Waals surface area (Å²) in [5, 5.41) is 13.8. The lowest BCUT2D eigenvalue weighted by Gasteiger charge is -2.31. The number of amides is 1. The lowest BCUT2D eigenvalue weighted by molar-refractivity contribution is -0.383. The molecule has 1 heterocycles. The first-order valence-electron chi connectivity index (χ1n) is 12.7. The summed E-state index contributed by atoms with van der Waals surface area (Å²) in [6, 6.07) is 18.2. The first kappa shape index (κ1) is 26.4. The second kappa shape index (κ2) is 9.83. The van der Waals surface area contributed by atoms with Crippen LogP contribution in [-0.2, 0) is 16.8 Å². The highest BCUT2D eigenvalue weighted by atomic mass is 19.4. The fourth-order valence-electron chi connectivity index (χ4n) is 5.85. The zero-order valence-electron chi connectivity index (χ0n) is 21.5. The molecule has 202 valence electrons. The summed E-state index contributed by atoms with van der Waals surface area (Å²) in [5.41, 5.74) is 3.31. The molecular weight excluding hydrogens is 509 g/mol. The van der Waals surface area contributed by atoms with Crippen molar-refractivity contribution >= 4 is 22.6 Å². The van der Waals surface area contributed by atoms with Crippen molar-refractivity contribution in [1.82, 2.24) is 14.9 Å². The number of carbonyl (C=O) groups is 1. The van der Waals surface area contributed by atoms with Gasteiger partial charge in [-0.25, -0.2) is 4.98 Å². The van der Waals surface area contributed by atoms with Gasteiger partial charge in [0.2, 0.25) is 5.91 Å². The Hall–Kier alpha value is -4.21. The van der Waals surface area contributed by atoms with Crippen LogP contribution in [0.5, 0.6) is 0 Å². The number of alkyl halides is 3. The standard InChI is InChI=1S/C29H27F3N4O3/c1-18-13-14-24-25(26(18)36(38)39)34-19(2)35(24)16-8-7-15-28(27(37)33-17-29(30,31)32)22-11-5-3-9-20(22)21-10-4-6-12-23(21)28/h3-6,9-14H,7-8,15-17H2,1-2H3,(H,33,37). The van der Waals surface area contributed by atoms with E-state index in [0.717, 1.165) is 11.1 Å². The number of carbonyl (C=O) groups excluding carboxylic acids is 1. The second-order valence-electron chi connectivity index (χ2n) is 9.92. The van der Waals surface area contributed by atoms with E-state index in [4.69, 9.17) is 0 Å². The number of nitrogens with zero attached hydrogens (tertiary/aromatic N) is 3. The third-order valence-corrected chi connectivity index (χ3v) is 7.55. The molecule has 39 heavy (non-hydrogen) atoms. The topological polar surface area (TPSA) is 90.1 Å². The number of imidazole rings is 1. The summed E-state index contributed by atoms with van der Waals surface area (Å²) in [5.74, 6) is -0.0412. The quantitative estimate of drug-likeness (QED) is 0.161. The third-order valence-electron chi connectivity index (χ3n) is 7.55. The lowest BCUT2D eigenvalue weighted by Crippen LogP contribution is -2.47. The molecule has 0 saturated heterocycles. The van der Waals surface area contributed by atoms with Crippen LogP contribution in [0.2, 0.25) is 0 Å². The number of hydrogen-bond acceptors (Lipinski definition) is 4. The molecule has 1 amide bonds. The van der Waals surface area contributed by atoms with Crippen LogP contribution in [0.15, 0.2) is 60.7 Å². The van der Waals surface area contributed by atoms with Crippen molar-refractivity contribution in [3.05, 3.63) is 93.3 Å². The van der Waals surface area contributed by atoms with Crippen LogP contribution in [0.3, 0.4) is 0 Å². The maximum absolute atomic E-state index is 13.6. The molecular formula is C29H27F3N4O3. The smallest absolute Gasteiger partial charge is 0.346 e. The van der Waals surface area contributed by atoms with E-state index in [2.05, 4.69) is 10.3 Å². The largest absolute Gasteiger partial charge is 0.405 e. The van der Waals surface area contributed by atoms with E-state index in [1.165, 1.54) is 0 Å². The molecule has 1 aromatic heterocycles. The highest BCUT2D eigenvalue weighted by Crippen LogP contribution is 2.51. The van der Waals surface area contributed by atoms with Crippen LogP contribution in [0.25, 0.3) is 22.2 Å². The number of fused-ring (bicyclic) bond motifs is 4. The van der Waals surface area contributed by atoms with E-state index in [-0.39, 0.29) is 5.69 Å². The van der Waals surface area contributed by atoms with Gasteiger partial charge >= 0.3 is 6.18 Å². The summed E-state index contributed by atoms with van der Waals surface area (Å²) >= 11 is 0. The Labute approximate surface area is 222 Å². The maximum Gasteiger partial charge on any atom is 0.405 e. The van der Waals surface area contributed by atoms with Gasteiger partial charge in [-0.05, 0) is 61.4 Å². The number of rotatable bonds is 8. The van der Waals surface area contributed by atoms with Crippen LogP contribution in [-0.4, -0.2) is 33.1 Å². The van der Waals surface area contributed by atoms with Gasteiger partial charge in [-0.1, -0.05) is 54.6 Å². The molecule has 10 heteroatoms. The number of aryl methyl sites for hydroxylation is 3. The van der Waals surface area contributed by atoms with Crippen LogP contribution in [0.4, 0.5) is 18.9 Å². The van der Waals surface area contributed by atoms with Gasteiger partial charge in [0.25, 0.3) is 5.69 Å². The zero-order chi connectivity index (χ0) is 27.9. The van der Waals surface area contributed by atoms with Crippen LogP contribution in [0, 0.1) is 24.0 Å². The minimum atomic E-state index is -4.53. The molecule has 0 atom stereocenters.